The molecule has 0 saturated carbocycles. The number of hydrogen-bond acceptors (Lipinski definition) is 6. The highest BCUT2D eigenvalue weighted by Gasteiger charge is 2.28. The molecule has 0 spiro atoms. The third kappa shape index (κ3) is 3.52. The summed E-state index contributed by atoms with van der Waals surface area (Å²) in [6.07, 6.45) is 2.72. The van der Waals surface area contributed by atoms with Crippen LogP contribution in [-0.2, 0) is 14.8 Å². The molecular weight excluding hydrogens is 358 g/mol. The Morgan fingerprint density at radius 2 is 2.08 bits per heavy atom. The molecule has 0 bridgehead atoms. The summed E-state index contributed by atoms with van der Waals surface area (Å²) in [5.41, 5.74) is 1.11. The molecule has 1 aliphatic rings. The molecule has 3 rings (SSSR count). The molecule has 0 saturated heterocycles. The van der Waals surface area contributed by atoms with Gasteiger partial charge in [-0.2, -0.15) is 0 Å². The van der Waals surface area contributed by atoms with Crippen LogP contribution in [-0.4, -0.2) is 31.3 Å². The normalized spacial score (nSPS) is 16.2. The van der Waals surface area contributed by atoms with Crippen molar-refractivity contribution in [2.75, 3.05) is 5.32 Å². The van der Waals surface area contributed by atoms with Crippen LogP contribution in [0.5, 0.6) is 5.75 Å². The number of anilines is 1. The van der Waals surface area contributed by atoms with Gasteiger partial charge in [0.05, 0.1) is 16.1 Å². The van der Waals surface area contributed by atoms with E-state index in [2.05, 4.69) is 10.3 Å². The second-order valence-electron chi connectivity index (χ2n) is 5.85. The molecule has 2 N–H and O–H groups in total. The van der Waals surface area contributed by atoms with E-state index in [1.807, 2.05) is 11.6 Å². The van der Waals surface area contributed by atoms with Gasteiger partial charge in [0.1, 0.15) is 5.75 Å². The molecule has 1 aromatic heterocycles. The number of carbonyl (C=O) groups is 2. The lowest BCUT2D eigenvalue weighted by atomic mass is 10.2. The summed E-state index contributed by atoms with van der Waals surface area (Å²) in [6, 6.07) is 5.55. The van der Waals surface area contributed by atoms with Gasteiger partial charge in [0, 0.05) is 12.4 Å². The molecule has 1 atom stereocenters. The Morgan fingerprint density at radius 3 is 2.77 bits per heavy atom. The van der Waals surface area contributed by atoms with Gasteiger partial charge in [-0.25, -0.2) is 13.1 Å². The van der Waals surface area contributed by atoms with Gasteiger partial charge in [-0.1, -0.05) is 6.92 Å². The summed E-state index contributed by atoms with van der Waals surface area (Å²) in [6.45, 7) is 3.55. The Labute approximate surface area is 150 Å². The number of ether oxygens (including phenoxy) is 1. The summed E-state index contributed by atoms with van der Waals surface area (Å²) >= 11 is 0. The van der Waals surface area contributed by atoms with Crippen molar-refractivity contribution in [3.8, 4) is 5.75 Å². The Bertz CT molecular complexity index is 988. The van der Waals surface area contributed by atoms with Crippen molar-refractivity contribution < 1.29 is 22.7 Å². The first-order chi connectivity index (χ1) is 12.3. The second-order valence-corrected chi connectivity index (χ2v) is 7.53. The quantitative estimate of drug-likeness (QED) is 0.839. The lowest BCUT2D eigenvalue weighted by Crippen LogP contribution is -2.36. The maximum Gasteiger partial charge on any atom is 0.266 e. The van der Waals surface area contributed by atoms with Crippen molar-refractivity contribution in [3.05, 3.63) is 47.8 Å². The lowest BCUT2D eigenvalue weighted by Gasteiger charge is -2.25. The van der Waals surface area contributed by atoms with Crippen LogP contribution < -0.4 is 14.8 Å². The Balaban J connectivity index is 1.85. The number of rotatable bonds is 4. The predicted octanol–water partition coefficient (Wildman–Crippen LogP) is 1.62. The number of carbonyl (C=O) groups excluding carboxylic acids is 2. The molecular formula is C17H17N3O5S. The fraction of sp³-hybridized carbons (Fsp3) is 0.235. The SMILES string of the molecule is CCC1Oc2ccc(S(=O)(=O)NC(=O)c3cncc(C)c3)cc2NC1=O. The zero-order valence-corrected chi connectivity index (χ0v) is 15.0. The van der Waals surface area contributed by atoms with Crippen LogP contribution >= 0.6 is 0 Å². The van der Waals surface area contributed by atoms with Crippen molar-refractivity contribution in [2.45, 2.75) is 31.3 Å². The number of amides is 2. The third-order valence-electron chi connectivity index (χ3n) is 3.82. The monoisotopic (exact) mass is 375 g/mol. The second kappa shape index (κ2) is 6.75. The molecule has 1 aromatic carbocycles. The van der Waals surface area contributed by atoms with E-state index in [1.165, 1.54) is 30.5 Å². The summed E-state index contributed by atoms with van der Waals surface area (Å²) in [5, 5.41) is 2.61. The number of pyridine rings is 1. The van der Waals surface area contributed by atoms with Crippen molar-refractivity contribution in [2.24, 2.45) is 0 Å². The third-order valence-corrected chi connectivity index (χ3v) is 5.14. The van der Waals surface area contributed by atoms with E-state index < -0.39 is 22.0 Å². The van der Waals surface area contributed by atoms with Crippen molar-refractivity contribution in [3.63, 3.8) is 0 Å². The van der Waals surface area contributed by atoms with Gasteiger partial charge >= 0.3 is 0 Å². The predicted molar refractivity (Wildman–Crippen MR) is 93.4 cm³/mol. The number of nitrogens with one attached hydrogen (secondary N) is 2. The average Bonchev–Trinajstić information content (AvgIpc) is 2.60. The maximum absolute atomic E-state index is 12.5. The minimum absolute atomic E-state index is 0.133. The summed E-state index contributed by atoms with van der Waals surface area (Å²) in [5.74, 6) is -0.751. The molecule has 2 amide bonds. The molecule has 0 fully saturated rings. The van der Waals surface area contributed by atoms with Gasteiger partial charge in [-0.15, -0.1) is 0 Å². The standard InChI is InChI=1S/C17H17N3O5S/c1-3-14-17(22)19-13-7-12(4-5-15(13)25-14)26(23,24)20-16(21)11-6-10(2)8-18-9-11/h4-9,14H,3H2,1-2H3,(H,19,22)(H,20,21). The molecule has 0 radical (unpaired) electrons. The first-order valence-corrected chi connectivity index (χ1v) is 9.39. The number of sulfonamides is 1. The van der Waals surface area contributed by atoms with Crippen LogP contribution in [0.1, 0.15) is 29.3 Å². The van der Waals surface area contributed by atoms with E-state index in [-0.39, 0.29) is 22.1 Å². The molecule has 1 aliphatic heterocycles. The van der Waals surface area contributed by atoms with Crippen LogP contribution in [0.15, 0.2) is 41.6 Å². The number of benzene rings is 1. The van der Waals surface area contributed by atoms with Crippen LogP contribution in [0.4, 0.5) is 5.69 Å². The summed E-state index contributed by atoms with van der Waals surface area (Å²) in [7, 11) is -4.12. The summed E-state index contributed by atoms with van der Waals surface area (Å²) < 4.78 is 32.5. The van der Waals surface area contributed by atoms with Crippen molar-refractivity contribution in [1.29, 1.82) is 0 Å². The molecule has 2 aromatic rings. The van der Waals surface area contributed by atoms with Gasteiger partial charge in [-0.05, 0) is 43.2 Å². The zero-order chi connectivity index (χ0) is 18.9. The molecule has 26 heavy (non-hydrogen) atoms. The maximum atomic E-state index is 12.5. The highest BCUT2D eigenvalue weighted by atomic mass is 32.2. The Morgan fingerprint density at radius 1 is 1.31 bits per heavy atom. The molecule has 136 valence electrons. The van der Waals surface area contributed by atoms with E-state index in [0.717, 1.165) is 5.56 Å². The van der Waals surface area contributed by atoms with E-state index in [0.29, 0.717) is 12.2 Å². The van der Waals surface area contributed by atoms with Gasteiger partial charge in [0.2, 0.25) is 0 Å². The van der Waals surface area contributed by atoms with Gasteiger partial charge < -0.3 is 10.1 Å². The topological polar surface area (TPSA) is 114 Å². The highest BCUT2D eigenvalue weighted by molar-refractivity contribution is 7.90. The zero-order valence-electron chi connectivity index (χ0n) is 14.1. The van der Waals surface area contributed by atoms with Crippen LogP contribution in [0, 0.1) is 6.92 Å². The molecule has 8 nitrogen and oxygen atoms in total. The Hall–Kier alpha value is -2.94. The smallest absolute Gasteiger partial charge is 0.266 e. The highest BCUT2D eigenvalue weighted by Crippen LogP contribution is 2.32. The first kappa shape index (κ1) is 17.9. The van der Waals surface area contributed by atoms with Gasteiger partial charge in [0.15, 0.2) is 6.10 Å². The first-order valence-electron chi connectivity index (χ1n) is 7.90. The van der Waals surface area contributed by atoms with E-state index >= 15 is 0 Å². The van der Waals surface area contributed by atoms with Crippen molar-refractivity contribution in [1.82, 2.24) is 9.71 Å². The molecule has 2 heterocycles. The van der Waals surface area contributed by atoms with E-state index in [9.17, 15) is 18.0 Å². The lowest BCUT2D eigenvalue weighted by molar-refractivity contribution is -0.123. The largest absolute Gasteiger partial charge is 0.478 e. The summed E-state index contributed by atoms with van der Waals surface area (Å²) in [4.78, 5) is 27.8. The number of hydrogen-bond donors (Lipinski definition) is 2. The fourth-order valence-corrected chi connectivity index (χ4v) is 3.48. The molecule has 9 heteroatoms. The van der Waals surface area contributed by atoms with Crippen LogP contribution in [0.2, 0.25) is 0 Å². The van der Waals surface area contributed by atoms with Gasteiger partial charge in [-0.3, -0.25) is 14.6 Å². The fourth-order valence-electron chi connectivity index (χ4n) is 2.48. The van der Waals surface area contributed by atoms with E-state index in [4.69, 9.17) is 4.74 Å². The number of fused-ring (bicyclic) bond motifs is 1. The number of nitrogens with zero attached hydrogens (tertiary/aromatic N) is 1. The van der Waals surface area contributed by atoms with E-state index in [1.54, 1.807) is 13.1 Å². The Kier molecular flexibility index (Phi) is 4.64. The van der Waals surface area contributed by atoms with Crippen molar-refractivity contribution >= 4 is 27.5 Å². The average molecular weight is 375 g/mol. The molecule has 0 aliphatic carbocycles. The molecule has 1 unspecified atom stereocenters. The minimum Gasteiger partial charge on any atom is -0.478 e. The van der Waals surface area contributed by atoms with Crippen LogP contribution in [0.3, 0.4) is 0 Å². The van der Waals surface area contributed by atoms with Crippen LogP contribution in [0.25, 0.3) is 0 Å². The number of aromatic nitrogens is 1. The number of aryl methyl sites for hydroxylation is 1. The minimum atomic E-state index is -4.12. The van der Waals surface area contributed by atoms with Gasteiger partial charge in [0.25, 0.3) is 21.8 Å².